The summed E-state index contributed by atoms with van der Waals surface area (Å²) in [4.78, 5) is 11.7. The first-order valence-corrected chi connectivity index (χ1v) is 12.2. The third-order valence-electron chi connectivity index (χ3n) is 6.09. The van der Waals surface area contributed by atoms with E-state index in [2.05, 4.69) is 24.3 Å². The van der Waals surface area contributed by atoms with Gasteiger partial charge in [-0.1, -0.05) is 91.0 Å². The third kappa shape index (κ3) is 3.45. The van der Waals surface area contributed by atoms with Crippen LogP contribution < -0.4 is 10.0 Å². The van der Waals surface area contributed by atoms with Crippen LogP contribution in [0.15, 0.2) is 125 Å². The molecule has 0 saturated heterocycles. The predicted octanol–water partition coefficient (Wildman–Crippen LogP) is 6.23. The zero-order valence-corrected chi connectivity index (χ0v) is 19.9. The lowest BCUT2D eigenvalue weighted by Crippen LogP contribution is -2.54. The van der Waals surface area contributed by atoms with Crippen LogP contribution in [0.2, 0.25) is 0 Å². The highest BCUT2D eigenvalue weighted by molar-refractivity contribution is 8.17. The maximum Gasteiger partial charge on any atom is 0.234 e. The number of carbonyl (C=O) groups excluding carboxylic acids is 1. The highest BCUT2D eigenvalue weighted by atomic mass is 32.2. The minimum atomic E-state index is -0.918. The Hall–Kier alpha value is -4.16. The molecule has 0 fully saturated rings. The summed E-state index contributed by atoms with van der Waals surface area (Å²) in [6.07, 6.45) is 0. The number of hydrogen-bond acceptors (Lipinski definition) is 6. The predicted molar refractivity (Wildman–Crippen MR) is 144 cm³/mol. The van der Waals surface area contributed by atoms with Gasteiger partial charge in [-0.15, -0.1) is 0 Å². The van der Waals surface area contributed by atoms with Crippen LogP contribution in [-0.4, -0.2) is 16.5 Å². The van der Waals surface area contributed by atoms with Gasteiger partial charge in [-0.2, -0.15) is 10.2 Å². The summed E-state index contributed by atoms with van der Waals surface area (Å²) in [5.74, 6) is -0.0730. The molecule has 0 aromatic heterocycles. The Bertz CT molecular complexity index is 1450. The molecule has 6 heteroatoms. The Morgan fingerprint density at radius 3 is 1.80 bits per heavy atom. The molecule has 4 aromatic carbocycles. The number of para-hydroxylation sites is 2. The molecule has 0 N–H and O–H groups in total. The first-order valence-electron chi connectivity index (χ1n) is 11.4. The van der Waals surface area contributed by atoms with Crippen LogP contribution in [-0.2, 0) is 9.79 Å². The highest BCUT2D eigenvalue weighted by Gasteiger charge is 2.55. The number of thioether (sulfide) groups is 1. The van der Waals surface area contributed by atoms with Gasteiger partial charge in [-0.25, -0.2) is 10.0 Å². The summed E-state index contributed by atoms with van der Waals surface area (Å²) >= 11 is 1.43. The van der Waals surface area contributed by atoms with Gasteiger partial charge in [0.1, 0.15) is 0 Å². The summed E-state index contributed by atoms with van der Waals surface area (Å²) in [6.45, 7) is 1.56. The number of Topliss-reactive ketones (excluding diaryl/α,β-unsaturated/α-hetero) is 1. The Labute approximate surface area is 208 Å². The maximum absolute atomic E-state index is 12.7. The van der Waals surface area contributed by atoms with E-state index in [1.54, 1.807) is 6.92 Å². The van der Waals surface area contributed by atoms with Crippen LogP contribution in [0.4, 0.5) is 11.4 Å². The van der Waals surface area contributed by atoms with Crippen molar-refractivity contribution in [3.8, 4) is 0 Å². The van der Waals surface area contributed by atoms with Crippen LogP contribution in [0.5, 0.6) is 0 Å². The Morgan fingerprint density at radius 1 is 0.686 bits per heavy atom. The van der Waals surface area contributed by atoms with E-state index in [1.807, 2.05) is 101 Å². The largest absolute Gasteiger partial charge is 0.292 e. The molecule has 35 heavy (non-hydrogen) atoms. The molecule has 0 radical (unpaired) electrons. The van der Waals surface area contributed by atoms with E-state index >= 15 is 0 Å². The average Bonchev–Trinajstić information content (AvgIpc) is 3.32. The molecule has 2 heterocycles. The quantitative estimate of drug-likeness (QED) is 0.352. The number of hydrazone groups is 2. The molecule has 1 spiro atoms. The van der Waals surface area contributed by atoms with Crippen molar-refractivity contribution >= 4 is 39.7 Å². The lowest BCUT2D eigenvalue weighted by Gasteiger charge is -2.47. The maximum atomic E-state index is 12.7. The number of anilines is 2. The standard InChI is InChI=1S/C29H22N4OS/c1-21(34)28-31-33(24-17-9-4-10-18-24)29(35-28)26-20-12-11-19-25(26)27(22-13-5-2-6-14-22)30-32(29)23-15-7-3-8-16-23/h2-20H,1H3/t29-/m1/s1. The Morgan fingerprint density at radius 2 is 1.20 bits per heavy atom. The number of fused-ring (bicyclic) bond motifs is 2. The first kappa shape index (κ1) is 21.4. The van der Waals surface area contributed by atoms with Gasteiger partial charge in [0.2, 0.25) is 4.99 Å². The summed E-state index contributed by atoms with van der Waals surface area (Å²) in [7, 11) is 0. The summed E-state index contributed by atoms with van der Waals surface area (Å²) < 4.78 is 0. The van der Waals surface area contributed by atoms with Crippen LogP contribution in [0.1, 0.15) is 23.6 Å². The monoisotopic (exact) mass is 474 g/mol. The number of nitrogens with zero attached hydrogens (tertiary/aromatic N) is 4. The highest BCUT2D eigenvalue weighted by Crippen LogP contribution is 2.54. The molecule has 1 atom stereocenters. The molecular weight excluding hydrogens is 452 g/mol. The molecule has 6 rings (SSSR count). The smallest absolute Gasteiger partial charge is 0.234 e. The molecule has 170 valence electrons. The molecule has 0 amide bonds. The van der Waals surface area contributed by atoms with Crippen molar-refractivity contribution in [2.75, 3.05) is 10.0 Å². The second kappa shape index (κ2) is 8.56. The Kier molecular flexibility index (Phi) is 5.23. The zero-order valence-electron chi connectivity index (χ0n) is 19.1. The van der Waals surface area contributed by atoms with E-state index in [1.165, 1.54) is 11.8 Å². The van der Waals surface area contributed by atoms with Crippen molar-refractivity contribution in [1.29, 1.82) is 0 Å². The first-order chi connectivity index (χ1) is 17.2. The van der Waals surface area contributed by atoms with Crippen LogP contribution in [0.3, 0.4) is 0 Å². The van der Waals surface area contributed by atoms with Crippen molar-refractivity contribution in [3.05, 3.63) is 132 Å². The third-order valence-corrected chi connectivity index (χ3v) is 7.50. The van der Waals surface area contributed by atoms with Crippen molar-refractivity contribution in [1.82, 2.24) is 0 Å². The van der Waals surface area contributed by atoms with Gasteiger partial charge in [-0.3, -0.25) is 4.79 Å². The average molecular weight is 475 g/mol. The molecule has 0 bridgehead atoms. The zero-order chi connectivity index (χ0) is 23.8. The molecule has 2 aliphatic heterocycles. The number of hydrogen-bond donors (Lipinski definition) is 0. The van der Waals surface area contributed by atoms with Crippen molar-refractivity contribution in [3.63, 3.8) is 0 Å². The van der Waals surface area contributed by atoms with Crippen molar-refractivity contribution in [2.45, 2.75) is 11.9 Å². The second-order valence-corrected chi connectivity index (χ2v) is 9.49. The summed E-state index contributed by atoms with van der Waals surface area (Å²) in [6, 6.07) is 38.5. The van der Waals surface area contributed by atoms with E-state index in [0.29, 0.717) is 5.04 Å². The molecule has 4 aromatic rings. The SMILES string of the molecule is CC(=O)C1=NN(c2ccccc2)[C@@]2(S1)c1ccccc1C(c1ccccc1)=NN2c1ccccc1. The van der Waals surface area contributed by atoms with Crippen LogP contribution in [0.25, 0.3) is 0 Å². The number of ketones is 1. The minimum absolute atomic E-state index is 0.0730. The number of carbonyl (C=O) groups is 1. The molecular formula is C29H22N4OS. The normalized spacial score (nSPS) is 18.8. The fourth-order valence-corrected chi connectivity index (χ4v) is 5.81. The Balaban J connectivity index is 1.67. The van der Waals surface area contributed by atoms with Gasteiger partial charge in [0.25, 0.3) is 0 Å². The van der Waals surface area contributed by atoms with Gasteiger partial charge in [0.15, 0.2) is 10.8 Å². The summed E-state index contributed by atoms with van der Waals surface area (Å²) in [5, 5.41) is 14.5. The van der Waals surface area contributed by atoms with Gasteiger partial charge >= 0.3 is 0 Å². The van der Waals surface area contributed by atoms with E-state index in [-0.39, 0.29) is 5.78 Å². The fourth-order valence-electron chi connectivity index (χ4n) is 4.52. The van der Waals surface area contributed by atoms with Gasteiger partial charge < -0.3 is 0 Å². The van der Waals surface area contributed by atoms with Crippen molar-refractivity contribution in [2.24, 2.45) is 10.2 Å². The van der Waals surface area contributed by atoms with Gasteiger partial charge in [-0.05, 0) is 36.0 Å². The molecule has 0 aliphatic carbocycles. The van der Waals surface area contributed by atoms with E-state index in [0.717, 1.165) is 33.8 Å². The van der Waals surface area contributed by atoms with Gasteiger partial charge in [0.05, 0.1) is 17.1 Å². The van der Waals surface area contributed by atoms with Gasteiger partial charge in [0, 0.05) is 23.6 Å². The van der Waals surface area contributed by atoms with Crippen LogP contribution in [0, 0.1) is 0 Å². The number of rotatable bonds is 4. The lowest BCUT2D eigenvalue weighted by molar-refractivity contribution is -0.110. The van der Waals surface area contributed by atoms with E-state index in [9.17, 15) is 4.79 Å². The minimum Gasteiger partial charge on any atom is -0.292 e. The topological polar surface area (TPSA) is 48.3 Å². The molecule has 2 aliphatic rings. The molecule has 0 unspecified atom stereocenters. The van der Waals surface area contributed by atoms with Crippen molar-refractivity contribution < 1.29 is 4.79 Å². The molecule has 0 saturated carbocycles. The second-order valence-electron chi connectivity index (χ2n) is 8.33. The lowest BCUT2D eigenvalue weighted by atomic mass is 9.93. The van der Waals surface area contributed by atoms with E-state index < -0.39 is 4.99 Å². The van der Waals surface area contributed by atoms with Crippen LogP contribution >= 0.6 is 11.8 Å². The van der Waals surface area contributed by atoms with E-state index in [4.69, 9.17) is 10.2 Å². The fraction of sp³-hybridized carbons (Fsp3) is 0.0690. The molecule has 5 nitrogen and oxygen atoms in total. The number of benzene rings is 4. The summed E-state index contributed by atoms with van der Waals surface area (Å²) in [5.41, 5.74) is 5.72.